The second kappa shape index (κ2) is 5.20. The van der Waals surface area contributed by atoms with E-state index in [0.717, 1.165) is 31.4 Å². The van der Waals surface area contributed by atoms with Crippen LogP contribution in [0.2, 0.25) is 0 Å². The van der Waals surface area contributed by atoms with Gasteiger partial charge in [0.15, 0.2) is 0 Å². The molecule has 1 aromatic rings. The Morgan fingerprint density at radius 2 is 1.82 bits per heavy atom. The van der Waals surface area contributed by atoms with Gasteiger partial charge in [0.1, 0.15) is 0 Å². The SMILES string of the molecule is N#Cc1ccc(NCC2(O)CCCCC2)cc1. The Hall–Kier alpha value is -1.53. The second-order valence-electron chi connectivity index (χ2n) is 4.83. The van der Waals surface area contributed by atoms with E-state index in [0.29, 0.717) is 12.1 Å². The van der Waals surface area contributed by atoms with Crippen LogP contribution in [0.25, 0.3) is 0 Å². The minimum absolute atomic E-state index is 0.549. The van der Waals surface area contributed by atoms with Crippen molar-refractivity contribution in [2.24, 2.45) is 0 Å². The number of hydrogen-bond acceptors (Lipinski definition) is 3. The minimum Gasteiger partial charge on any atom is -0.388 e. The van der Waals surface area contributed by atoms with E-state index < -0.39 is 5.60 Å². The van der Waals surface area contributed by atoms with E-state index in [1.165, 1.54) is 6.42 Å². The van der Waals surface area contributed by atoms with Crippen LogP contribution in [0.15, 0.2) is 24.3 Å². The first kappa shape index (κ1) is 11.9. The smallest absolute Gasteiger partial charge is 0.0991 e. The summed E-state index contributed by atoms with van der Waals surface area (Å²) in [7, 11) is 0. The molecule has 2 N–H and O–H groups in total. The largest absolute Gasteiger partial charge is 0.388 e. The normalized spacial score (nSPS) is 18.4. The molecule has 0 aliphatic heterocycles. The third kappa shape index (κ3) is 3.21. The lowest BCUT2D eigenvalue weighted by molar-refractivity contribution is 0.0167. The van der Waals surface area contributed by atoms with Crippen molar-refractivity contribution in [3.05, 3.63) is 29.8 Å². The maximum atomic E-state index is 10.3. The van der Waals surface area contributed by atoms with Crippen LogP contribution in [0.3, 0.4) is 0 Å². The van der Waals surface area contributed by atoms with Gasteiger partial charge in [-0.1, -0.05) is 19.3 Å². The first-order valence-corrected chi connectivity index (χ1v) is 6.18. The Kier molecular flexibility index (Phi) is 3.65. The van der Waals surface area contributed by atoms with Crippen molar-refractivity contribution in [2.45, 2.75) is 37.7 Å². The van der Waals surface area contributed by atoms with Crippen molar-refractivity contribution >= 4 is 5.69 Å². The third-order valence-electron chi connectivity index (χ3n) is 3.42. The summed E-state index contributed by atoms with van der Waals surface area (Å²) < 4.78 is 0. The highest BCUT2D eigenvalue weighted by Gasteiger charge is 2.28. The predicted molar refractivity (Wildman–Crippen MR) is 67.7 cm³/mol. The van der Waals surface area contributed by atoms with Gasteiger partial charge in [0.25, 0.3) is 0 Å². The molecule has 0 heterocycles. The Labute approximate surface area is 102 Å². The van der Waals surface area contributed by atoms with Gasteiger partial charge in [-0.2, -0.15) is 5.26 Å². The fraction of sp³-hybridized carbons (Fsp3) is 0.500. The standard InChI is InChI=1S/C14H18N2O/c15-10-12-4-6-13(7-5-12)16-11-14(17)8-2-1-3-9-14/h4-7,16-17H,1-3,8-9,11H2. The monoisotopic (exact) mass is 230 g/mol. The molecular formula is C14H18N2O. The van der Waals surface area contributed by atoms with Crippen molar-refractivity contribution in [3.8, 4) is 6.07 Å². The molecule has 0 unspecified atom stereocenters. The molecule has 0 saturated heterocycles. The zero-order valence-electron chi connectivity index (χ0n) is 9.95. The van der Waals surface area contributed by atoms with E-state index in [2.05, 4.69) is 11.4 Å². The molecule has 0 aromatic heterocycles. The summed E-state index contributed by atoms with van der Waals surface area (Å²) in [6.07, 6.45) is 5.24. The van der Waals surface area contributed by atoms with Crippen LogP contribution >= 0.6 is 0 Å². The van der Waals surface area contributed by atoms with Gasteiger partial charge < -0.3 is 10.4 Å². The van der Waals surface area contributed by atoms with Crippen LogP contribution in [-0.2, 0) is 0 Å². The molecule has 17 heavy (non-hydrogen) atoms. The van der Waals surface area contributed by atoms with E-state index in [4.69, 9.17) is 5.26 Å². The van der Waals surface area contributed by atoms with Crippen molar-refractivity contribution in [3.63, 3.8) is 0 Å². The second-order valence-corrected chi connectivity index (χ2v) is 4.83. The zero-order valence-corrected chi connectivity index (χ0v) is 9.95. The van der Waals surface area contributed by atoms with Crippen LogP contribution < -0.4 is 5.32 Å². The number of rotatable bonds is 3. The van der Waals surface area contributed by atoms with E-state index in [1.54, 1.807) is 12.1 Å². The Morgan fingerprint density at radius 3 is 2.41 bits per heavy atom. The predicted octanol–water partition coefficient (Wildman–Crippen LogP) is 2.67. The van der Waals surface area contributed by atoms with E-state index in [-0.39, 0.29) is 0 Å². The van der Waals surface area contributed by atoms with Crippen LogP contribution in [0.4, 0.5) is 5.69 Å². The fourth-order valence-corrected chi connectivity index (χ4v) is 2.32. The van der Waals surface area contributed by atoms with Crippen molar-refractivity contribution < 1.29 is 5.11 Å². The molecule has 0 atom stereocenters. The third-order valence-corrected chi connectivity index (χ3v) is 3.42. The molecule has 3 nitrogen and oxygen atoms in total. The van der Waals surface area contributed by atoms with Crippen molar-refractivity contribution in [1.82, 2.24) is 0 Å². The molecular weight excluding hydrogens is 212 g/mol. The van der Waals surface area contributed by atoms with Crippen LogP contribution in [0, 0.1) is 11.3 Å². The average Bonchev–Trinajstić information content (AvgIpc) is 2.38. The molecule has 0 amide bonds. The quantitative estimate of drug-likeness (QED) is 0.839. The zero-order chi connectivity index (χ0) is 12.1. The molecule has 0 spiro atoms. The van der Waals surface area contributed by atoms with Gasteiger partial charge >= 0.3 is 0 Å². The van der Waals surface area contributed by atoms with E-state index in [1.807, 2.05) is 12.1 Å². The lowest BCUT2D eigenvalue weighted by Crippen LogP contribution is -2.38. The highest BCUT2D eigenvalue weighted by molar-refractivity contribution is 5.47. The lowest BCUT2D eigenvalue weighted by Gasteiger charge is -2.32. The first-order chi connectivity index (χ1) is 8.22. The van der Waals surface area contributed by atoms with Crippen molar-refractivity contribution in [1.29, 1.82) is 5.26 Å². The van der Waals surface area contributed by atoms with Gasteiger partial charge in [-0.25, -0.2) is 0 Å². The summed E-state index contributed by atoms with van der Waals surface area (Å²) in [5, 5.41) is 22.3. The maximum Gasteiger partial charge on any atom is 0.0991 e. The molecule has 0 bridgehead atoms. The summed E-state index contributed by atoms with van der Waals surface area (Å²) in [5.41, 5.74) is 1.07. The van der Waals surface area contributed by atoms with Gasteiger partial charge in [0.2, 0.25) is 0 Å². The molecule has 1 aromatic carbocycles. The Morgan fingerprint density at radius 1 is 1.18 bits per heavy atom. The number of anilines is 1. The van der Waals surface area contributed by atoms with Gasteiger partial charge in [-0.05, 0) is 37.1 Å². The fourth-order valence-electron chi connectivity index (χ4n) is 2.32. The van der Waals surface area contributed by atoms with Crippen LogP contribution in [0.1, 0.15) is 37.7 Å². The molecule has 3 heteroatoms. The topological polar surface area (TPSA) is 56.0 Å². The van der Waals surface area contributed by atoms with Gasteiger partial charge in [-0.3, -0.25) is 0 Å². The molecule has 1 aliphatic rings. The molecule has 1 saturated carbocycles. The van der Waals surface area contributed by atoms with Gasteiger partial charge in [0, 0.05) is 12.2 Å². The summed E-state index contributed by atoms with van der Waals surface area (Å²) in [6.45, 7) is 0.596. The first-order valence-electron chi connectivity index (χ1n) is 6.18. The van der Waals surface area contributed by atoms with E-state index in [9.17, 15) is 5.11 Å². The number of nitrogens with one attached hydrogen (secondary N) is 1. The summed E-state index contributed by atoms with van der Waals surface area (Å²) in [6, 6.07) is 9.42. The van der Waals surface area contributed by atoms with Crippen LogP contribution in [0.5, 0.6) is 0 Å². The molecule has 1 fully saturated rings. The number of hydrogen-bond donors (Lipinski definition) is 2. The number of benzene rings is 1. The lowest BCUT2D eigenvalue weighted by atomic mass is 9.85. The van der Waals surface area contributed by atoms with Crippen LogP contribution in [-0.4, -0.2) is 17.3 Å². The minimum atomic E-state index is -0.549. The Bertz CT molecular complexity index is 399. The highest BCUT2D eigenvalue weighted by Crippen LogP contribution is 2.28. The molecule has 90 valence electrons. The number of nitriles is 1. The Balaban J connectivity index is 1.90. The summed E-state index contributed by atoms with van der Waals surface area (Å²) in [4.78, 5) is 0. The number of nitrogens with zero attached hydrogens (tertiary/aromatic N) is 1. The number of aliphatic hydroxyl groups is 1. The van der Waals surface area contributed by atoms with Gasteiger partial charge in [-0.15, -0.1) is 0 Å². The summed E-state index contributed by atoms with van der Waals surface area (Å²) in [5.74, 6) is 0. The molecule has 1 aliphatic carbocycles. The van der Waals surface area contributed by atoms with E-state index >= 15 is 0 Å². The highest BCUT2D eigenvalue weighted by atomic mass is 16.3. The summed E-state index contributed by atoms with van der Waals surface area (Å²) >= 11 is 0. The average molecular weight is 230 g/mol. The van der Waals surface area contributed by atoms with Gasteiger partial charge in [0.05, 0.1) is 17.2 Å². The maximum absolute atomic E-state index is 10.3. The molecule has 0 radical (unpaired) electrons. The molecule has 2 rings (SSSR count). The van der Waals surface area contributed by atoms with Crippen molar-refractivity contribution in [2.75, 3.05) is 11.9 Å².